The molecule has 4 nitrogen and oxygen atoms in total. The predicted molar refractivity (Wildman–Crippen MR) is 76.8 cm³/mol. The van der Waals surface area contributed by atoms with Crippen molar-refractivity contribution in [3.05, 3.63) is 34.9 Å². The zero-order valence-electron chi connectivity index (χ0n) is 12.2. The molecule has 0 N–H and O–H groups in total. The van der Waals surface area contributed by atoms with Crippen molar-refractivity contribution in [2.45, 2.75) is 52.6 Å². The SMILES string of the molecule is CC(C)Cc1ncc2c(n1)CN(C(=O)C1=CCCC1)C2. The van der Waals surface area contributed by atoms with E-state index in [4.69, 9.17) is 0 Å². The standard InChI is InChI=1S/C16H21N3O/c1-11(2)7-15-17-8-13-9-19(10-14(13)18-15)16(20)12-5-3-4-6-12/h5,8,11H,3-4,6-7,9-10H2,1-2H3. The van der Waals surface area contributed by atoms with Gasteiger partial charge < -0.3 is 4.90 Å². The van der Waals surface area contributed by atoms with Gasteiger partial charge in [-0.15, -0.1) is 0 Å². The highest BCUT2D eigenvalue weighted by Crippen LogP contribution is 2.26. The number of fused-ring (bicyclic) bond motifs is 1. The van der Waals surface area contributed by atoms with Gasteiger partial charge in [0.2, 0.25) is 5.91 Å². The highest BCUT2D eigenvalue weighted by molar-refractivity contribution is 5.94. The van der Waals surface area contributed by atoms with Gasteiger partial charge in [0.25, 0.3) is 0 Å². The molecule has 0 atom stereocenters. The lowest BCUT2D eigenvalue weighted by Gasteiger charge is -2.15. The third-order valence-electron chi connectivity index (χ3n) is 3.90. The molecule has 1 amide bonds. The van der Waals surface area contributed by atoms with E-state index in [1.165, 1.54) is 0 Å². The molecule has 0 saturated heterocycles. The van der Waals surface area contributed by atoms with Crippen molar-refractivity contribution in [3.8, 4) is 0 Å². The topological polar surface area (TPSA) is 46.1 Å². The van der Waals surface area contributed by atoms with E-state index in [-0.39, 0.29) is 5.91 Å². The van der Waals surface area contributed by atoms with Gasteiger partial charge >= 0.3 is 0 Å². The summed E-state index contributed by atoms with van der Waals surface area (Å²) in [6, 6.07) is 0. The van der Waals surface area contributed by atoms with Crippen LogP contribution in [0.25, 0.3) is 0 Å². The Balaban J connectivity index is 1.73. The van der Waals surface area contributed by atoms with Crippen LogP contribution in [0.1, 0.15) is 50.2 Å². The lowest BCUT2D eigenvalue weighted by molar-refractivity contribution is -0.127. The molecule has 2 heterocycles. The maximum Gasteiger partial charge on any atom is 0.250 e. The molecular weight excluding hydrogens is 250 g/mol. The van der Waals surface area contributed by atoms with Crippen LogP contribution in [0.15, 0.2) is 17.8 Å². The summed E-state index contributed by atoms with van der Waals surface area (Å²) in [6.07, 6.45) is 7.96. The van der Waals surface area contributed by atoms with Crippen LogP contribution in [0.5, 0.6) is 0 Å². The van der Waals surface area contributed by atoms with E-state index in [9.17, 15) is 4.79 Å². The number of aromatic nitrogens is 2. The molecule has 0 fully saturated rings. The van der Waals surface area contributed by atoms with Crippen LogP contribution in [0.2, 0.25) is 0 Å². The van der Waals surface area contributed by atoms with Crippen molar-refractivity contribution < 1.29 is 4.79 Å². The summed E-state index contributed by atoms with van der Waals surface area (Å²) >= 11 is 0. The molecule has 3 rings (SSSR count). The van der Waals surface area contributed by atoms with E-state index in [0.29, 0.717) is 19.0 Å². The number of nitrogens with zero attached hydrogens (tertiary/aromatic N) is 3. The summed E-state index contributed by atoms with van der Waals surface area (Å²) in [5, 5.41) is 0. The van der Waals surface area contributed by atoms with Crippen LogP contribution in [-0.2, 0) is 24.3 Å². The Bertz CT molecular complexity index is 563. The van der Waals surface area contributed by atoms with Crippen molar-refractivity contribution in [1.82, 2.24) is 14.9 Å². The lowest BCUT2D eigenvalue weighted by atomic mass is 10.1. The molecule has 1 aromatic rings. The van der Waals surface area contributed by atoms with Gasteiger partial charge in [-0.1, -0.05) is 19.9 Å². The molecule has 1 aliphatic carbocycles. The molecule has 0 saturated carbocycles. The second-order valence-corrected chi connectivity index (χ2v) is 6.14. The molecule has 0 aromatic carbocycles. The highest BCUT2D eigenvalue weighted by Gasteiger charge is 2.27. The first-order valence-corrected chi connectivity index (χ1v) is 7.45. The normalized spacial score (nSPS) is 17.6. The van der Waals surface area contributed by atoms with Crippen LogP contribution in [0.3, 0.4) is 0 Å². The first-order valence-electron chi connectivity index (χ1n) is 7.45. The average Bonchev–Trinajstić information content (AvgIpc) is 3.05. The third-order valence-corrected chi connectivity index (χ3v) is 3.90. The van der Waals surface area contributed by atoms with Crippen LogP contribution in [-0.4, -0.2) is 20.8 Å². The van der Waals surface area contributed by atoms with Crippen LogP contribution < -0.4 is 0 Å². The van der Waals surface area contributed by atoms with E-state index in [0.717, 1.165) is 48.3 Å². The third kappa shape index (κ3) is 2.60. The summed E-state index contributed by atoms with van der Waals surface area (Å²) < 4.78 is 0. The molecule has 0 unspecified atom stereocenters. The Morgan fingerprint density at radius 2 is 2.25 bits per heavy atom. The molecule has 0 radical (unpaired) electrons. The van der Waals surface area contributed by atoms with E-state index in [1.54, 1.807) is 0 Å². The molecule has 106 valence electrons. The van der Waals surface area contributed by atoms with Crippen LogP contribution in [0, 0.1) is 5.92 Å². The van der Waals surface area contributed by atoms with Crippen molar-refractivity contribution in [2.75, 3.05) is 0 Å². The van der Waals surface area contributed by atoms with Crippen LogP contribution >= 0.6 is 0 Å². The van der Waals surface area contributed by atoms with E-state index in [2.05, 4.69) is 29.9 Å². The fraction of sp³-hybridized carbons (Fsp3) is 0.562. The number of carbonyl (C=O) groups excluding carboxylic acids is 1. The summed E-state index contributed by atoms with van der Waals surface area (Å²) in [6.45, 7) is 5.63. The predicted octanol–water partition coefficient (Wildman–Crippen LogP) is 2.63. The van der Waals surface area contributed by atoms with Gasteiger partial charge in [0, 0.05) is 30.3 Å². The van der Waals surface area contributed by atoms with E-state index in [1.807, 2.05) is 11.1 Å². The monoisotopic (exact) mass is 271 g/mol. The summed E-state index contributed by atoms with van der Waals surface area (Å²) in [5.41, 5.74) is 3.11. The molecule has 1 aromatic heterocycles. The van der Waals surface area contributed by atoms with Gasteiger partial charge in [-0.25, -0.2) is 9.97 Å². The van der Waals surface area contributed by atoms with E-state index < -0.39 is 0 Å². The summed E-state index contributed by atoms with van der Waals surface area (Å²) in [4.78, 5) is 23.3. The minimum atomic E-state index is 0.186. The smallest absolute Gasteiger partial charge is 0.250 e. The van der Waals surface area contributed by atoms with Crippen molar-refractivity contribution in [2.24, 2.45) is 5.92 Å². The molecule has 0 bridgehead atoms. The first kappa shape index (κ1) is 13.3. The Hall–Kier alpha value is -1.71. The largest absolute Gasteiger partial charge is 0.329 e. The molecule has 4 heteroatoms. The summed E-state index contributed by atoms with van der Waals surface area (Å²) in [7, 11) is 0. The molecule has 20 heavy (non-hydrogen) atoms. The van der Waals surface area contributed by atoms with Gasteiger partial charge in [-0.05, 0) is 25.2 Å². The van der Waals surface area contributed by atoms with Crippen LogP contribution in [0.4, 0.5) is 0 Å². The number of hydrogen-bond acceptors (Lipinski definition) is 3. The average molecular weight is 271 g/mol. The lowest BCUT2D eigenvalue weighted by Crippen LogP contribution is -2.26. The molecule has 1 aliphatic heterocycles. The van der Waals surface area contributed by atoms with E-state index >= 15 is 0 Å². The molecular formula is C16H21N3O. The zero-order chi connectivity index (χ0) is 14.1. The first-order chi connectivity index (χ1) is 9.63. The van der Waals surface area contributed by atoms with Gasteiger partial charge in [0.15, 0.2) is 0 Å². The fourth-order valence-corrected chi connectivity index (χ4v) is 2.87. The minimum Gasteiger partial charge on any atom is -0.329 e. The number of rotatable bonds is 3. The number of carbonyl (C=O) groups is 1. The number of amides is 1. The molecule has 2 aliphatic rings. The maximum absolute atomic E-state index is 12.4. The Labute approximate surface area is 119 Å². The highest BCUT2D eigenvalue weighted by atomic mass is 16.2. The second-order valence-electron chi connectivity index (χ2n) is 6.14. The minimum absolute atomic E-state index is 0.186. The van der Waals surface area contributed by atoms with Gasteiger partial charge in [0.1, 0.15) is 5.82 Å². The Morgan fingerprint density at radius 3 is 2.95 bits per heavy atom. The van der Waals surface area contributed by atoms with Gasteiger partial charge in [0.05, 0.1) is 12.2 Å². The zero-order valence-corrected chi connectivity index (χ0v) is 12.2. The van der Waals surface area contributed by atoms with Crippen molar-refractivity contribution >= 4 is 5.91 Å². The van der Waals surface area contributed by atoms with Crippen molar-refractivity contribution in [3.63, 3.8) is 0 Å². The maximum atomic E-state index is 12.4. The number of allylic oxidation sites excluding steroid dienone is 1. The fourth-order valence-electron chi connectivity index (χ4n) is 2.87. The molecule has 0 spiro atoms. The number of hydrogen-bond donors (Lipinski definition) is 0. The summed E-state index contributed by atoms with van der Waals surface area (Å²) in [5.74, 6) is 1.63. The van der Waals surface area contributed by atoms with Gasteiger partial charge in [-0.2, -0.15) is 0 Å². The van der Waals surface area contributed by atoms with Crippen molar-refractivity contribution in [1.29, 1.82) is 0 Å². The quantitative estimate of drug-likeness (QED) is 0.849. The van der Waals surface area contributed by atoms with Gasteiger partial charge in [-0.3, -0.25) is 4.79 Å². The Kier molecular flexibility index (Phi) is 3.55. The second kappa shape index (κ2) is 5.35. The Morgan fingerprint density at radius 1 is 1.40 bits per heavy atom.